The van der Waals surface area contributed by atoms with E-state index in [-0.39, 0.29) is 11.8 Å². The average Bonchev–Trinajstić information content (AvgIpc) is 2.61. The van der Waals surface area contributed by atoms with Crippen molar-refractivity contribution >= 4 is 17.5 Å². The molecule has 4 heteroatoms. The van der Waals surface area contributed by atoms with Gasteiger partial charge in [-0.05, 0) is 23.6 Å². The summed E-state index contributed by atoms with van der Waals surface area (Å²) in [5, 5.41) is 0. The first-order valence-electron chi connectivity index (χ1n) is 6.09. The van der Waals surface area contributed by atoms with Gasteiger partial charge in [-0.1, -0.05) is 12.1 Å². The molecule has 2 rings (SSSR count). The maximum absolute atomic E-state index is 11.6. The predicted octanol–water partition coefficient (Wildman–Crippen LogP) is 1.23. The highest BCUT2D eigenvalue weighted by Gasteiger charge is 2.23. The molecular weight excluding hydrogens is 228 g/mol. The number of carbonyl (C=O) groups is 2. The Balaban J connectivity index is 2.07. The maximum Gasteiger partial charge on any atom is 0.231 e. The summed E-state index contributed by atoms with van der Waals surface area (Å²) in [6.07, 6.45) is 1.31. The van der Waals surface area contributed by atoms with Gasteiger partial charge in [0.2, 0.25) is 11.8 Å². The molecule has 4 nitrogen and oxygen atoms in total. The van der Waals surface area contributed by atoms with Crippen LogP contribution in [0.1, 0.15) is 18.1 Å². The number of amides is 2. The summed E-state index contributed by atoms with van der Waals surface area (Å²) in [6.45, 7) is 2.27. The lowest BCUT2D eigenvalue weighted by molar-refractivity contribution is -0.127. The number of anilines is 1. The molecule has 1 aromatic rings. The molecule has 0 unspecified atom stereocenters. The van der Waals surface area contributed by atoms with Crippen LogP contribution in [0.25, 0.3) is 0 Å². The standard InChI is InChI=1S/C14H18N2O2/c1-10(17)15(2)7-6-11-4-5-13-12(8-11)9-14(18)16(13)3/h4-5,8H,6-7,9H2,1-3H3. The summed E-state index contributed by atoms with van der Waals surface area (Å²) < 4.78 is 0. The van der Waals surface area contributed by atoms with Crippen molar-refractivity contribution in [3.05, 3.63) is 29.3 Å². The Labute approximate surface area is 107 Å². The second-order valence-electron chi connectivity index (χ2n) is 4.78. The molecule has 2 amide bonds. The smallest absolute Gasteiger partial charge is 0.231 e. The second-order valence-corrected chi connectivity index (χ2v) is 4.78. The van der Waals surface area contributed by atoms with Crippen LogP contribution in [0.15, 0.2) is 18.2 Å². The van der Waals surface area contributed by atoms with E-state index in [1.54, 1.807) is 30.8 Å². The van der Waals surface area contributed by atoms with E-state index >= 15 is 0 Å². The molecule has 0 aliphatic carbocycles. The van der Waals surface area contributed by atoms with Crippen LogP contribution < -0.4 is 4.90 Å². The Bertz CT molecular complexity index is 497. The molecular formula is C14H18N2O2. The average molecular weight is 246 g/mol. The van der Waals surface area contributed by atoms with E-state index in [0.29, 0.717) is 13.0 Å². The maximum atomic E-state index is 11.6. The van der Waals surface area contributed by atoms with E-state index in [2.05, 4.69) is 6.07 Å². The summed E-state index contributed by atoms with van der Waals surface area (Å²) >= 11 is 0. The number of hydrogen-bond donors (Lipinski definition) is 0. The van der Waals surface area contributed by atoms with Crippen molar-refractivity contribution < 1.29 is 9.59 Å². The van der Waals surface area contributed by atoms with Gasteiger partial charge in [-0.2, -0.15) is 0 Å². The summed E-state index contributed by atoms with van der Waals surface area (Å²) in [5.41, 5.74) is 3.26. The van der Waals surface area contributed by atoms with Gasteiger partial charge in [0.05, 0.1) is 6.42 Å². The molecule has 1 aliphatic rings. The van der Waals surface area contributed by atoms with Gasteiger partial charge < -0.3 is 9.80 Å². The van der Waals surface area contributed by atoms with E-state index < -0.39 is 0 Å². The highest BCUT2D eigenvalue weighted by atomic mass is 16.2. The highest BCUT2D eigenvalue weighted by molar-refractivity contribution is 6.00. The van der Waals surface area contributed by atoms with Crippen LogP contribution in [-0.4, -0.2) is 37.4 Å². The van der Waals surface area contributed by atoms with Gasteiger partial charge in [0.1, 0.15) is 0 Å². The lowest BCUT2D eigenvalue weighted by atomic mass is 10.1. The zero-order valence-corrected chi connectivity index (χ0v) is 11.1. The van der Waals surface area contributed by atoms with Crippen molar-refractivity contribution in [2.75, 3.05) is 25.5 Å². The van der Waals surface area contributed by atoms with Gasteiger partial charge in [0.25, 0.3) is 0 Å². The predicted molar refractivity (Wildman–Crippen MR) is 70.6 cm³/mol. The number of fused-ring (bicyclic) bond motifs is 1. The highest BCUT2D eigenvalue weighted by Crippen LogP contribution is 2.28. The van der Waals surface area contributed by atoms with Gasteiger partial charge in [-0.15, -0.1) is 0 Å². The number of likely N-dealkylation sites (N-methyl/N-ethyl adjacent to an activating group) is 2. The van der Waals surface area contributed by atoms with Crippen LogP contribution in [0.3, 0.4) is 0 Å². The Morgan fingerprint density at radius 3 is 2.83 bits per heavy atom. The number of rotatable bonds is 3. The first kappa shape index (κ1) is 12.6. The SMILES string of the molecule is CC(=O)N(C)CCc1ccc2c(c1)CC(=O)N2C. The number of carbonyl (C=O) groups excluding carboxylic acids is 2. The van der Waals surface area contributed by atoms with Gasteiger partial charge in [-0.25, -0.2) is 0 Å². The van der Waals surface area contributed by atoms with Crippen LogP contribution in [-0.2, 0) is 22.4 Å². The van der Waals surface area contributed by atoms with Crippen molar-refractivity contribution in [1.82, 2.24) is 4.90 Å². The van der Waals surface area contributed by atoms with E-state index in [1.165, 1.54) is 5.56 Å². The fraction of sp³-hybridized carbons (Fsp3) is 0.429. The molecule has 0 spiro atoms. The van der Waals surface area contributed by atoms with Crippen LogP contribution in [0.4, 0.5) is 5.69 Å². The molecule has 0 fully saturated rings. The molecule has 0 radical (unpaired) electrons. The van der Waals surface area contributed by atoms with E-state index in [1.807, 2.05) is 12.1 Å². The summed E-state index contributed by atoms with van der Waals surface area (Å²) in [6, 6.07) is 6.09. The summed E-state index contributed by atoms with van der Waals surface area (Å²) in [7, 11) is 3.60. The van der Waals surface area contributed by atoms with Crippen molar-refractivity contribution in [3.63, 3.8) is 0 Å². The fourth-order valence-corrected chi connectivity index (χ4v) is 2.13. The molecule has 0 bridgehead atoms. The normalized spacial score (nSPS) is 13.7. The van der Waals surface area contributed by atoms with Gasteiger partial charge in [-0.3, -0.25) is 9.59 Å². The summed E-state index contributed by atoms with van der Waals surface area (Å²) in [5.74, 6) is 0.217. The van der Waals surface area contributed by atoms with E-state index in [9.17, 15) is 9.59 Å². The third kappa shape index (κ3) is 2.37. The lowest BCUT2D eigenvalue weighted by Crippen LogP contribution is -2.26. The van der Waals surface area contributed by atoms with Crippen molar-refractivity contribution in [1.29, 1.82) is 0 Å². The van der Waals surface area contributed by atoms with Crippen LogP contribution in [0.2, 0.25) is 0 Å². The van der Waals surface area contributed by atoms with Crippen molar-refractivity contribution in [2.45, 2.75) is 19.8 Å². The zero-order chi connectivity index (χ0) is 13.3. The van der Waals surface area contributed by atoms with Gasteiger partial charge in [0, 0.05) is 33.3 Å². The molecule has 96 valence electrons. The molecule has 0 aromatic heterocycles. The second kappa shape index (κ2) is 4.80. The zero-order valence-electron chi connectivity index (χ0n) is 11.1. The minimum atomic E-state index is 0.0751. The first-order valence-corrected chi connectivity index (χ1v) is 6.09. The number of benzene rings is 1. The number of hydrogen-bond acceptors (Lipinski definition) is 2. The largest absolute Gasteiger partial charge is 0.346 e. The first-order chi connectivity index (χ1) is 8.49. The quantitative estimate of drug-likeness (QED) is 0.804. The van der Waals surface area contributed by atoms with Crippen molar-refractivity contribution in [3.8, 4) is 0 Å². The third-order valence-corrected chi connectivity index (χ3v) is 3.49. The Morgan fingerprint density at radius 1 is 1.44 bits per heavy atom. The van der Waals surface area contributed by atoms with E-state index in [0.717, 1.165) is 17.7 Å². The Kier molecular flexibility index (Phi) is 3.36. The van der Waals surface area contributed by atoms with Crippen LogP contribution in [0, 0.1) is 0 Å². The minimum Gasteiger partial charge on any atom is -0.346 e. The molecule has 1 heterocycles. The lowest BCUT2D eigenvalue weighted by Gasteiger charge is -2.15. The monoisotopic (exact) mass is 246 g/mol. The molecule has 0 atom stereocenters. The fourth-order valence-electron chi connectivity index (χ4n) is 2.13. The molecule has 1 aliphatic heterocycles. The topological polar surface area (TPSA) is 40.6 Å². The third-order valence-electron chi connectivity index (χ3n) is 3.49. The van der Waals surface area contributed by atoms with Crippen LogP contribution in [0.5, 0.6) is 0 Å². The Hall–Kier alpha value is -1.84. The molecule has 0 saturated carbocycles. The molecule has 0 saturated heterocycles. The number of nitrogens with zero attached hydrogens (tertiary/aromatic N) is 2. The molecule has 0 N–H and O–H groups in total. The van der Waals surface area contributed by atoms with E-state index in [4.69, 9.17) is 0 Å². The molecule has 18 heavy (non-hydrogen) atoms. The van der Waals surface area contributed by atoms with Crippen LogP contribution >= 0.6 is 0 Å². The summed E-state index contributed by atoms with van der Waals surface area (Å²) in [4.78, 5) is 26.1. The Morgan fingerprint density at radius 2 is 2.17 bits per heavy atom. The van der Waals surface area contributed by atoms with Gasteiger partial charge in [0.15, 0.2) is 0 Å². The van der Waals surface area contributed by atoms with Gasteiger partial charge >= 0.3 is 0 Å². The van der Waals surface area contributed by atoms with Crippen molar-refractivity contribution in [2.24, 2.45) is 0 Å². The molecule has 1 aromatic carbocycles. The minimum absolute atomic E-state index is 0.0751.